The molecule has 0 fully saturated rings. The van der Waals surface area contributed by atoms with Gasteiger partial charge in [-0.15, -0.1) is 0 Å². The van der Waals surface area contributed by atoms with Gasteiger partial charge in [0.15, 0.2) is 5.82 Å². The molecule has 1 heterocycles. The molecule has 7 nitrogen and oxygen atoms in total. The molecule has 0 unspecified atom stereocenters. The van der Waals surface area contributed by atoms with Crippen molar-refractivity contribution < 1.29 is 18.8 Å². The summed E-state index contributed by atoms with van der Waals surface area (Å²) in [5, 5.41) is 9.36. The SMILES string of the molecule is COc1ccc(OC)c(NC(=O)CNc2cc(C)on2)c1. The van der Waals surface area contributed by atoms with Crippen LogP contribution in [0.1, 0.15) is 5.76 Å². The molecular weight excluding hydrogens is 274 g/mol. The summed E-state index contributed by atoms with van der Waals surface area (Å²) >= 11 is 0. The highest BCUT2D eigenvalue weighted by molar-refractivity contribution is 5.95. The van der Waals surface area contributed by atoms with E-state index in [-0.39, 0.29) is 12.5 Å². The molecule has 112 valence electrons. The van der Waals surface area contributed by atoms with E-state index in [0.29, 0.717) is 28.8 Å². The minimum Gasteiger partial charge on any atom is -0.497 e. The fourth-order valence-electron chi connectivity index (χ4n) is 1.73. The van der Waals surface area contributed by atoms with Crippen molar-refractivity contribution in [1.29, 1.82) is 0 Å². The van der Waals surface area contributed by atoms with E-state index in [1.54, 1.807) is 38.3 Å². The van der Waals surface area contributed by atoms with Gasteiger partial charge in [0.1, 0.15) is 17.3 Å². The summed E-state index contributed by atoms with van der Waals surface area (Å²) in [6.07, 6.45) is 0. The van der Waals surface area contributed by atoms with Gasteiger partial charge in [0.25, 0.3) is 0 Å². The van der Waals surface area contributed by atoms with E-state index >= 15 is 0 Å². The lowest BCUT2D eigenvalue weighted by Gasteiger charge is -2.11. The second kappa shape index (κ2) is 6.65. The number of aromatic nitrogens is 1. The number of carbonyl (C=O) groups is 1. The number of benzene rings is 1. The predicted octanol–water partition coefficient (Wildman–Crippen LogP) is 2.05. The molecule has 0 saturated heterocycles. The first kappa shape index (κ1) is 14.7. The Hall–Kier alpha value is -2.70. The zero-order valence-electron chi connectivity index (χ0n) is 12.1. The van der Waals surface area contributed by atoms with E-state index in [2.05, 4.69) is 15.8 Å². The molecule has 7 heteroatoms. The Balaban J connectivity index is 1.98. The number of hydrogen-bond acceptors (Lipinski definition) is 6. The van der Waals surface area contributed by atoms with Crippen LogP contribution in [0.3, 0.4) is 0 Å². The maximum atomic E-state index is 11.9. The molecule has 2 rings (SSSR count). The standard InChI is InChI=1S/C14H17N3O4/c1-9-6-13(17-21-9)15-8-14(18)16-11-7-10(19-2)4-5-12(11)20-3/h4-7H,8H2,1-3H3,(H,15,17)(H,16,18). The summed E-state index contributed by atoms with van der Waals surface area (Å²) < 4.78 is 15.2. The number of rotatable bonds is 6. The molecule has 1 amide bonds. The topological polar surface area (TPSA) is 85.6 Å². The average Bonchev–Trinajstić information content (AvgIpc) is 2.90. The smallest absolute Gasteiger partial charge is 0.243 e. The zero-order valence-corrected chi connectivity index (χ0v) is 12.1. The number of carbonyl (C=O) groups excluding carboxylic acids is 1. The molecule has 0 aliphatic heterocycles. The highest BCUT2D eigenvalue weighted by Crippen LogP contribution is 2.28. The van der Waals surface area contributed by atoms with Gasteiger partial charge in [-0.25, -0.2) is 0 Å². The van der Waals surface area contributed by atoms with E-state index in [1.165, 1.54) is 7.11 Å². The van der Waals surface area contributed by atoms with Crippen molar-refractivity contribution in [1.82, 2.24) is 5.16 Å². The lowest BCUT2D eigenvalue weighted by atomic mass is 10.2. The number of anilines is 2. The number of aryl methyl sites for hydroxylation is 1. The zero-order chi connectivity index (χ0) is 15.2. The van der Waals surface area contributed by atoms with E-state index in [9.17, 15) is 4.79 Å². The Morgan fingerprint density at radius 3 is 2.71 bits per heavy atom. The average molecular weight is 291 g/mol. The molecule has 0 aliphatic carbocycles. The van der Waals surface area contributed by atoms with Crippen LogP contribution >= 0.6 is 0 Å². The molecule has 1 aromatic carbocycles. The second-order valence-electron chi connectivity index (χ2n) is 4.29. The molecular formula is C14H17N3O4. The quantitative estimate of drug-likeness (QED) is 0.847. The van der Waals surface area contributed by atoms with Crippen LogP contribution < -0.4 is 20.1 Å². The van der Waals surface area contributed by atoms with Crippen LogP contribution in [0.4, 0.5) is 11.5 Å². The van der Waals surface area contributed by atoms with Gasteiger partial charge in [0, 0.05) is 12.1 Å². The fraction of sp³-hybridized carbons (Fsp3) is 0.286. The maximum Gasteiger partial charge on any atom is 0.243 e. The van der Waals surface area contributed by atoms with Crippen molar-refractivity contribution in [2.75, 3.05) is 31.4 Å². The molecule has 0 bridgehead atoms. The third-order valence-corrected chi connectivity index (χ3v) is 2.74. The predicted molar refractivity (Wildman–Crippen MR) is 77.9 cm³/mol. The summed E-state index contributed by atoms with van der Waals surface area (Å²) in [4.78, 5) is 11.9. The fourth-order valence-corrected chi connectivity index (χ4v) is 1.73. The van der Waals surface area contributed by atoms with Crippen LogP contribution in [-0.4, -0.2) is 31.8 Å². The van der Waals surface area contributed by atoms with Crippen LogP contribution in [0.25, 0.3) is 0 Å². The molecule has 0 atom stereocenters. The minimum atomic E-state index is -0.234. The Kier molecular flexibility index (Phi) is 4.65. The van der Waals surface area contributed by atoms with E-state index in [0.717, 1.165) is 0 Å². The van der Waals surface area contributed by atoms with Crippen molar-refractivity contribution in [2.24, 2.45) is 0 Å². The highest BCUT2D eigenvalue weighted by atomic mass is 16.5. The van der Waals surface area contributed by atoms with Gasteiger partial charge in [-0.2, -0.15) is 0 Å². The minimum absolute atomic E-state index is 0.0618. The lowest BCUT2D eigenvalue weighted by molar-refractivity contribution is -0.114. The van der Waals surface area contributed by atoms with E-state index in [1.807, 2.05) is 0 Å². The van der Waals surface area contributed by atoms with Crippen molar-refractivity contribution >= 4 is 17.4 Å². The van der Waals surface area contributed by atoms with Crippen LogP contribution in [0.2, 0.25) is 0 Å². The third kappa shape index (κ3) is 3.88. The Bertz CT molecular complexity index is 624. The molecule has 0 saturated carbocycles. The van der Waals surface area contributed by atoms with E-state index < -0.39 is 0 Å². The van der Waals surface area contributed by atoms with Gasteiger partial charge >= 0.3 is 0 Å². The Morgan fingerprint density at radius 1 is 1.29 bits per heavy atom. The largest absolute Gasteiger partial charge is 0.497 e. The number of nitrogens with one attached hydrogen (secondary N) is 2. The van der Waals surface area contributed by atoms with Gasteiger partial charge in [-0.05, 0) is 19.1 Å². The normalized spacial score (nSPS) is 10.0. The first-order chi connectivity index (χ1) is 10.1. The third-order valence-electron chi connectivity index (χ3n) is 2.74. The molecule has 0 aliphatic rings. The first-order valence-electron chi connectivity index (χ1n) is 6.31. The van der Waals surface area contributed by atoms with Gasteiger partial charge in [0.05, 0.1) is 26.5 Å². The summed E-state index contributed by atoms with van der Waals surface area (Å²) in [7, 11) is 3.09. The monoisotopic (exact) mass is 291 g/mol. The molecule has 0 spiro atoms. The second-order valence-corrected chi connectivity index (χ2v) is 4.29. The van der Waals surface area contributed by atoms with Crippen molar-refractivity contribution in [3.8, 4) is 11.5 Å². The number of ether oxygens (including phenoxy) is 2. The van der Waals surface area contributed by atoms with Crippen molar-refractivity contribution in [2.45, 2.75) is 6.92 Å². The summed E-state index contributed by atoms with van der Waals surface area (Å²) in [5.41, 5.74) is 0.542. The number of methoxy groups -OCH3 is 2. The van der Waals surface area contributed by atoms with Crippen LogP contribution in [0, 0.1) is 6.92 Å². The van der Waals surface area contributed by atoms with Crippen molar-refractivity contribution in [3.63, 3.8) is 0 Å². The number of nitrogens with zero attached hydrogens (tertiary/aromatic N) is 1. The van der Waals surface area contributed by atoms with Crippen LogP contribution in [0.15, 0.2) is 28.8 Å². The van der Waals surface area contributed by atoms with Crippen LogP contribution in [0.5, 0.6) is 11.5 Å². The van der Waals surface area contributed by atoms with Gasteiger partial charge in [-0.3, -0.25) is 4.79 Å². The van der Waals surface area contributed by atoms with Crippen LogP contribution in [-0.2, 0) is 4.79 Å². The molecule has 0 radical (unpaired) electrons. The Morgan fingerprint density at radius 2 is 2.10 bits per heavy atom. The molecule has 21 heavy (non-hydrogen) atoms. The maximum absolute atomic E-state index is 11.9. The van der Waals surface area contributed by atoms with Gasteiger partial charge in [-0.1, -0.05) is 5.16 Å². The highest BCUT2D eigenvalue weighted by Gasteiger charge is 2.09. The molecule has 1 aromatic heterocycles. The van der Waals surface area contributed by atoms with Crippen molar-refractivity contribution in [3.05, 3.63) is 30.0 Å². The Labute approximate surface area is 122 Å². The van der Waals surface area contributed by atoms with E-state index in [4.69, 9.17) is 14.0 Å². The number of amides is 1. The summed E-state index contributed by atoms with van der Waals surface area (Å²) in [6, 6.07) is 6.88. The first-order valence-corrected chi connectivity index (χ1v) is 6.31. The number of hydrogen-bond donors (Lipinski definition) is 2. The molecule has 2 aromatic rings. The summed E-state index contributed by atoms with van der Waals surface area (Å²) in [5.74, 6) is 2.14. The van der Waals surface area contributed by atoms with Gasteiger partial charge in [0.2, 0.25) is 5.91 Å². The summed E-state index contributed by atoms with van der Waals surface area (Å²) in [6.45, 7) is 1.84. The molecule has 2 N–H and O–H groups in total. The van der Waals surface area contributed by atoms with Gasteiger partial charge < -0.3 is 24.6 Å². The lowest BCUT2D eigenvalue weighted by Crippen LogP contribution is -2.22.